The molecule has 2 heteroatoms. The molecule has 0 bridgehead atoms. The molecule has 0 aromatic rings. The van der Waals surface area contributed by atoms with Crippen LogP contribution in [-0.2, 0) is 4.43 Å². The predicted octanol–water partition coefficient (Wildman–Crippen LogP) is 4.59. The third-order valence-electron chi connectivity index (χ3n) is 3.46. The van der Waals surface area contributed by atoms with Gasteiger partial charge in [0, 0.05) is 13.0 Å². The second-order valence-electron chi connectivity index (χ2n) is 5.34. The lowest BCUT2D eigenvalue weighted by molar-refractivity contribution is 0.285. The minimum atomic E-state index is -1.65. The zero-order valence-electron chi connectivity index (χ0n) is 12.1. The van der Waals surface area contributed by atoms with Crippen molar-refractivity contribution in [3.05, 3.63) is 0 Å². The van der Waals surface area contributed by atoms with Gasteiger partial charge in [0.1, 0.15) is 0 Å². The minimum Gasteiger partial charge on any atom is -0.415 e. The Hall–Kier alpha value is -0.263. The van der Waals surface area contributed by atoms with Crippen molar-refractivity contribution in [3.63, 3.8) is 0 Å². The molecule has 94 valence electrons. The zero-order valence-corrected chi connectivity index (χ0v) is 13.1. The maximum Gasteiger partial charge on any atom is 0.200 e. The van der Waals surface area contributed by atoms with Gasteiger partial charge in [-0.3, -0.25) is 0 Å². The molecule has 0 aliphatic carbocycles. The molecule has 0 atom stereocenters. The highest BCUT2D eigenvalue weighted by Gasteiger charge is 2.44. The van der Waals surface area contributed by atoms with E-state index >= 15 is 0 Å². The molecular weight excluding hydrogens is 212 g/mol. The summed E-state index contributed by atoms with van der Waals surface area (Å²) in [5.41, 5.74) is 2.01. The van der Waals surface area contributed by atoms with Gasteiger partial charge in [0.25, 0.3) is 0 Å². The van der Waals surface area contributed by atoms with E-state index < -0.39 is 8.32 Å². The van der Waals surface area contributed by atoms with E-state index in [1.807, 2.05) is 6.92 Å². The summed E-state index contributed by atoms with van der Waals surface area (Å²) in [6.45, 7) is 16.6. The molecule has 0 aromatic carbocycles. The van der Waals surface area contributed by atoms with E-state index in [0.717, 1.165) is 13.0 Å². The standard InChI is InChI=1S/C14H28OSi/c1-8-9-10-11-15-16(12(2)3,13(4)5)14(6)7/h12-14H,10-11H2,1-7H3. The average molecular weight is 240 g/mol. The fraction of sp³-hybridized carbons (Fsp3) is 0.857. The summed E-state index contributed by atoms with van der Waals surface area (Å²) in [6.07, 6.45) is 0.872. The molecule has 0 heterocycles. The van der Waals surface area contributed by atoms with Crippen LogP contribution in [0.2, 0.25) is 16.6 Å². The lowest BCUT2D eigenvalue weighted by atomic mass is 10.5. The molecule has 0 aliphatic heterocycles. The zero-order chi connectivity index (χ0) is 12.8. The van der Waals surface area contributed by atoms with Crippen LogP contribution in [0.5, 0.6) is 0 Å². The predicted molar refractivity (Wildman–Crippen MR) is 75.1 cm³/mol. The van der Waals surface area contributed by atoms with Gasteiger partial charge in [-0.15, -0.1) is 11.8 Å². The van der Waals surface area contributed by atoms with Gasteiger partial charge in [-0.05, 0) is 23.5 Å². The first kappa shape index (κ1) is 15.7. The molecule has 16 heavy (non-hydrogen) atoms. The molecule has 0 amide bonds. The first-order valence-electron chi connectivity index (χ1n) is 6.43. The molecule has 0 unspecified atom stereocenters. The molecule has 0 rings (SSSR count). The van der Waals surface area contributed by atoms with Crippen molar-refractivity contribution in [2.75, 3.05) is 6.61 Å². The van der Waals surface area contributed by atoms with Crippen LogP contribution in [0.25, 0.3) is 0 Å². The van der Waals surface area contributed by atoms with Crippen molar-refractivity contribution >= 4 is 8.32 Å². The van der Waals surface area contributed by atoms with Crippen molar-refractivity contribution in [3.8, 4) is 11.8 Å². The molecule has 0 spiro atoms. The van der Waals surface area contributed by atoms with E-state index in [1.165, 1.54) is 0 Å². The summed E-state index contributed by atoms with van der Waals surface area (Å²) in [5.74, 6) is 6.01. The number of hydrogen-bond donors (Lipinski definition) is 0. The number of rotatable bonds is 6. The Bertz CT molecular complexity index is 223. The molecule has 0 saturated carbocycles. The van der Waals surface area contributed by atoms with Crippen molar-refractivity contribution in [2.45, 2.75) is 71.5 Å². The van der Waals surface area contributed by atoms with E-state index in [0.29, 0.717) is 16.6 Å². The Morgan fingerprint density at radius 1 is 0.938 bits per heavy atom. The lowest BCUT2D eigenvalue weighted by Crippen LogP contribution is -2.47. The van der Waals surface area contributed by atoms with Gasteiger partial charge in [-0.25, -0.2) is 0 Å². The van der Waals surface area contributed by atoms with E-state index in [-0.39, 0.29) is 0 Å². The maximum absolute atomic E-state index is 6.35. The van der Waals surface area contributed by atoms with Gasteiger partial charge in [0.05, 0.1) is 0 Å². The van der Waals surface area contributed by atoms with E-state index in [2.05, 4.69) is 53.4 Å². The van der Waals surface area contributed by atoms with Crippen LogP contribution < -0.4 is 0 Å². The first-order valence-corrected chi connectivity index (χ1v) is 8.57. The summed E-state index contributed by atoms with van der Waals surface area (Å²) < 4.78 is 6.35. The SMILES string of the molecule is CC#CCCO[Si](C(C)C)(C(C)C)C(C)C. The van der Waals surface area contributed by atoms with Crippen molar-refractivity contribution in [2.24, 2.45) is 0 Å². The first-order chi connectivity index (χ1) is 7.39. The fourth-order valence-corrected chi connectivity index (χ4v) is 8.36. The lowest BCUT2D eigenvalue weighted by Gasteiger charge is -2.42. The summed E-state index contributed by atoms with van der Waals surface area (Å²) in [5, 5.41) is 0. The topological polar surface area (TPSA) is 9.23 Å². The van der Waals surface area contributed by atoms with Gasteiger partial charge in [0.15, 0.2) is 8.32 Å². The third kappa shape index (κ3) is 3.64. The Morgan fingerprint density at radius 2 is 1.38 bits per heavy atom. The van der Waals surface area contributed by atoms with Gasteiger partial charge in [-0.2, -0.15) is 0 Å². The highest BCUT2D eigenvalue weighted by Crippen LogP contribution is 2.42. The quantitative estimate of drug-likeness (QED) is 0.375. The molecule has 0 aromatic heterocycles. The van der Waals surface area contributed by atoms with Crippen molar-refractivity contribution < 1.29 is 4.43 Å². The second kappa shape index (κ2) is 7.14. The van der Waals surface area contributed by atoms with Crippen LogP contribution in [0, 0.1) is 11.8 Å². The smallest absolute Gasteiger partial charge is 0.200 e. The van der Waals surface area contributed by atoms with E-state index in [9.17, 15) is 0 Å². The summed E-state index contributed by atoms with van der Waals surface area (Å²) >= 11 is 0. The van der Waals surface area contributed by atoms with Crippen LogP contribution >= 0.6 is 0 Å². The Kier molecular flexibility index (Phi) is 7.02. The fourth-order valence-electron chi connectivity index (χ4n) is 2.90. The minimum absolute atomic E-state index is 0.669. The monoisotopic (exact) mass is 240 g/mol. The van der Waals surface area contributed by atoms with Crippen molar-refractivity contribution in [1.29, 1.82) is 0 Å². The maximum atomic E-state index is 6.35. The van der Waals surface area contributed by atoms with E-state index in [1.54, 1.807) is 0 Å². The molecule has 0 N–H and O–H groups in total. The molecule has 0 radical (unpaired) electrons. The summed E-state index contributed by atoms with van der Waals surface area (Å²) in [6, 6.07) is 0. The second-order valence-corrected chi connectivity index (χ2v) is 10.8. The van der Waals surface area contributed by atoms with Gasteiger partial charge >= 0.3 is 0 Å². The molecule has 0 fully saturated rings. The average Bonchev–Trinajstić information content (AvgIpc) is 2.16. The third-order valence-corrected chi connectivity index (χ3v) is 9.58. The Morgan fingerprint density at radius 3 is 1.69 bits per heavy atom. The van der Waals surface area contributed by atoms with Gasteiger partial charge in [-0.1, -0.05) is 41.5 Å². The van der Waals surface area contributed by atoms with Crippen LogP contribution in [-0.4, -0.2) is 14.9 Å². The van der Waals surface area contributed by atoms with Gasteiger partial charge in [0.2, 0.25) is 0 Å². The largest absolute Gasteiger partial charge is 0.415 e. The summed E-state index contributed by atoms with van der Waals surface area (Å²) in [4.78, 5) is 0. The molecular formula is C14H28OSi. The summed E-state index contributed by atoms with van der Waals surface area (Å²) in [7, 11) is -1.65. The van der Waals surface area contributed by atoms with Crippen molar-refractivity contribution in [1.82, 2.24) is 0 Å². The highest BCUT2D eigenvalue weighted by atomic mass is 28.4. The van der Waals surface area contributed by atoms with Gasteiger partial charge < -0.3 is 4.43 Å². The highest BCUT2D eigenvalue weighted by molar-refractivity contribution is 6.77. The Labute approximate surface area is 103 Å². The van der Waals surface area contributed by atoms with E-state index in [4.69, 9.17) is 4.43 Å². The van der Waals surface area contributed by atoms with Crippen LogP contribution in [0.3, 0.4) is 0 Å². The van der Waals surface area contributed by atoms with Crippen LogP contribution in [0.1, 0.15) is 54.9 Å². The molecule has 0 saturated heterocycles. The van der Waals surface area contributed by atoms with Crippen LogP contribution in [0.4, 0.5) is 0 Å². The molecule has 1 nitrogen and oxygen atoms in total. The Balaban J connectivity index is 4.68. The number of hydrogen-bond acceptors (Lipinski definition) is 1. The van der Waals surface area contributed by atoms with Crippen LogP contribution in [0.15, 0.2) is 0 Å². The normalized spacial score (nSPS) is 12.1. The molecule has 0 aliphatic rings.